The molecule has 0 saturated carbocycles. The monoisotopic (exact) mass is 573 g/mol. The number of nitrogens with zero attached hydrogens (tertiary/aromatic N) is 7. The van der Waals surface area contributed by atoms with Gasteiger partial charge in [-0.3, -0.25) is 14.5 Å². The number of aromatic nitrogens is 5. The molecule has 38 heavy (non-hydrogen) atoms. The molecule has 1 unspecified atom stereocenters. The molecule has 4 rings (SSSR count). The number of aliphatic carboxylic acids is 1. The lowest BCUT2D eigenvalue weighted by Gasteiger charge is -2.49. The van der Waals surface area contributed by atoms with E-state index in [0.717, 1.165) is 4.90 Å². The SMILES string of the molecule is Cn1nnnc1SCC1=C(C(=O)O)N2C(=O)C(NC(=O)C(=NOCC(F)(F)F)c3cccc(N)n3)[C@H]2SC1. The Kier molecular flexibility index (Phi) is 7.76. The van der Waals surface area contributed by atoms with Gasteiger partial charge in [-0.15, -0.1) is 16.9 Å². The number of nitrogens with one attached hydrogen (secondary N) is 1. The van der Waals surface area contributed by atoms with Crippen molar-refractivity contribution < 1.29 is 37.5 Å². The van der Waals surface area contributed by atoms with E-state index in [2.05, 4.69) is 35.8 Å². The number of anilines is 1. The van der Waals surface area contributed by atoms with Crippen LogP contribution in [0.1, 0.15) is 5.69 Å². The molecular weight excluding hydrogens is 555 g/mol. The van der Waals surface area contributed by atoms with E-state index in [1.165, 1.54) is 46.4 Å². The topological polar surface area (TPSA) is 191 Å². The Labute approximate surface area is 219 Å². The minimum absolute atomic E-state index is 0.0358. The summed E-state index contributed by atoms with van der Waals surface area (Å²) in [6, 6.07) is 2.89. The summed E-state index contributed by atoms with van der Waals surface area (Å²) in [6.45, 7) is -1.77. The van der Waals surface area contributed by atoms with Gasteiger partial charge in [-0.2, -0.15) is 13.2 Å². The van der Waals surface area contributed by atoms with Crippen LogP contribution in [0.3, 0.4) is 0 Å². The molecule has 0 radical (unpaired) electrons. The molecule has 0 aliphatic carbocycles. The van der Waals surface area contributed by atoms with Crippen molar-refractivity contribution in [1.29, 1.82) is 0 Å². The quantitative estimate of drug-likeness (QED) is 0.158. The molecule has 2 aliphatic heterocycles. The van der Waals surface area contributed by atoms with E-state index in [0.29, 0.717) is 10.7 Å². The summed E-state index contributed by atoms with van der Waals surface area (Å²) in [5.74, 6) is -2.70. The van der Waals surface area contributed by atoms with Crippen molar-refractivity contribution in [1.82, 2.24) is 35.4 Å². The second-order valence-corrected chi connectivity index (χ2v) is 9.82. The number of hydrogen-bond acceptors (Lipinski definition) is 12. The van der Waals surface area contributed by atoms with Gasteiger partial charge in [0.2, 0.25) is 11.8 Å². The van der Waals surface area contributed by atoms with Crippen LogP contribution in [0.5, 0.6) is 0 Å². The summed E-state index contributed by atoms with van der Waals surface area (Å²) in [5, 5.41) is 26.2. The van der Waals surface area contributed by atoms with E-state index in [1.807, 2.05) is 0 Å². The smallest absolute Gasteiger partial charge is 0.425 e. The largest absolute Gasteiger partial charge is 0.477 e. The summed E-state index contributed by atoms with van der Waals surface area (Å²) in [5.41, 5.74) is 5.02. The third-order valence-corrected chi connectivity index (χ3v) is 7.54. The molecule has 0 aromatic carbocycles. The Morgan fingerprint density at radius 1 is 1.39 bits per heavy atom. The number of rotatable bonds is 9. The van der Waals surface area contributed by atoms with Gasteiger partial charge in [-0.05, 0) is 28.1 Å². The number of nitrogen functional groups attached to an aromatic ring is 1. The predicted octanol–water partition coefficient (Wildman–Crippen LogP) is 0.00120. The van der Waals surface area contributed by atoms with Crippen LogP contribution < -0.4 is 11.1 Å². The normalized spacial score (nSPS) is 19.6. The molecule has 4 N–H and O–H groups in total. The zero-order valence-electron chi connectivity index (χ0n) is 19.2. The molecule has 1 fully saturated rings. The first-order chi connectivity index (χ1) is 18.0. The number of fused-ring (bicyclic) bond motifs is 1. The second-order valence-electron chi connectivity index (χ2n) is 7.77. The van der Waals surface area contributed by atoms with Gasteiger partial charge >= 0.3 is 12.1 Å². The minimum Gasteiger partial charge on any atom is -0.477 e. The Morgan fingerprint density at radius 3 is 2.79 bits per heavy atom. The number of nitrogens with two attached hydrogens (primary N) is 1. The van der Waals surface area contributed by atoms with E-state index < -0.39 is 47.7 Å². The Morgan fingerprint density at radius 2 is 2.16 bits per heavy atom. The fourth-order valence-corrected chi connectivity index (χ4v) is 5.79. The maximum Gasteiger partial charge on any atom is 0.425 e. The third-order valence-electron chi connectivity index (χ3n) is 5.11. The summed E-state index contributed by atoms with van der Waals surface area (Å²) >= 11 is 2.40. The van der Waals surface area contributed by atoms with Gasteiger partial charge in [-0.25, -0.2) is 14.5 Å². The molecule has 0 spiro atoms. The molecule has 4 heterocycles. The van der Waals surface area contributed by atoms with Crippen molar-refractivity contribution >= 4 is 52.8 Å². The molecule has 19 heteroatoms. The number of pyridine rings is 1. The Bertz CT molecular complexity index is 1330. The molecule has 0 bridgehead atoms. The van der Waals surface area contributed by atoms with Crippen LogP contribution in [-0.4, -0.2) is 94.4 Å². The maximum atomic E-state index is 13.0. The fourth-order valence-electron chi connectivity index (χ4n) is 3.46. The standard InChI is InChI=1S/C19H18F3N9O5S2/c1-30-18(26-28-29-30)38-6-8-5-37-16-12(15(33)31(16)13(8)17(34)35)25-14(32)11(27-36-7-19(20,21)22)9-3-2-4-10(23)24-9/h2-4,12,16H,5-7H2,1H3,(H2,23,24)(H,25,32)(H,34,35)/t12?,16-/m1/s1. The average molecular weight is 574 g/mol. The first-order valence-electron chi connectivity index (χ1n) is 10.5. The molecule has 2 aliphatic rings. The highest BCUT2D eigenvalue weighted by molar-refractivity contribution is 8.01. The third kappa shape index (κ3) is 5.82. The minimum atomic E-state index is -4.71. The molecule has 2 aromatic rings. The number of oxime groups is 1. The van der Waals surface area contributed by atoms with Crippen molar-refractivity contribution in [2.75, 3.05) is 23.8 Å². The second kappa shape index (κ2) is 10.9. The number of β-lactam (4-membered cyclic amide) rings is 1. The highest BCUT2D eigenvalue weighted by Gasteiger charge is 2.54. The highest BCUT2D eigenvalue weighted by Crippen LogP contribution is 2.41. The Hall–Kier alpha value is -3.87. The van der Waals surface area contributed by atoms with E-state index in [-0.39, 0.29) is 28.7 Å². The lowest BCUT2D eigenvalue weighted by molar-refractivity contribution is -0.174. The molecule has 14 nitrogen and oxygen atoms in total. The van der Waals surface area contributed by atoms with Crippen LogP contribution in [-0.2, 0) is 26.3 Å². The highest BCUT2D eigenvalue weighted by atomic mass is 32.2. The number of tetrazole rings is 1. The van der Waals surface area contributed by atoms with Crippen molar-refractivity contribution in [2.45, 2.75) is 22.7 Å². The van der Waals surface area contributed by atoms with Gasteiger partial charge < -0.3 is 21.0 Å². The summed E-state index contributed by atoms with van der Waals surface area (Å²) in [6.07, 6.45) is -4.71. The van der Waals surface area contributed by atoms with Crippen molar-refractivity contribution in [3.05, 3.63) is 35.2 Å². The van der Waals surface area contributed by atoms with Gasteiger partial charge in [0.15, 0.2) is 5.71 Å². The number of thioether (sulfide) groups is 2. The van der Waals surface area contributed by atoms with Crippen LogP contribution in [0.25, 0.3) is 0 Å². The van der Waals surface area contributed by atoms with Crippen LogP contribution in [0, 0.1) is 0 Å². The van der Waals surface area contributed by atoms with Crippen molar-refractivity contribution in [3.8, 4) is 0 Å². The van der Waals surface area contributed by atoms with Crippen LogP contribution in [0.4, 0.5) is 19.0 Å². The first kappa shape index (κ1) is 27.2. The van der Waals surface area contributed by atoms with E-state index in [4.69, 9.17) is 5.73 Å². The molecule has 2 amide bonds. The summed E-state index contributed by atoms with van der Waals surface area (Å²) < 4.78 is 39.0. The number of amides is 2. The molecule has 2 atom stereocenters. The maximum absolute atomic E-state index is 13.0. The van der Waals surface area contributed by atoms with E-state index >= 15 is 0 Å². The van der Waals surface area contributed by atoms with Gasteiger partial charge in [0.25, 0.3) is 11.8 Å². The molecule has 202 valence electrons. The number of alkyl halides is 3. The lowest BCUT2D eigenvalue weighted by Crippen LogP contribution is -2.71. The van der Waals surface area contributed by atoms with Crippen LogP contribution >= 0.6 is 23.5 Å². The molecule has 1 saturated heterocycles. The number of aryl methyl sites for hydroxylation is 1. The number of carbonyl (C=O) groups excluding carboxylic acids is 2. The van der Waals surface area contributed by atoms with Gasteiger partial charge in [0.1, 0.15) is 28.6 Å². The number of hydrogen-bond donors (Lipinski definition) is 3. The lowest BCUT2D eigenvalue weighted by atomic mass is 10.0. The zero-order chi connectivity index (χ0) is 27.6. The van der Waals surface area contributed by atoms with Crippen molar-refractivity contribution in [2.24, 2.45) is 12.2 Å². The predicted molar refractivity (Wildman–Crippen MR) is 126 cm³/mol. The summed E-state index contributed by atoms with van der Waals surface area (Å²) in [4.78, 5) is 47.2. The van der Waals surface area contributed by atoms with Crippen LogP contribution in [0.2, 0.25) is 0 Å². The molecular formula is C19H18F3N9O5S2. The van der Waals surface area contributed by atoms with E-state index in [1.54, 1.807) is 7.05 Å². The zero-order valence-corrected chi connectivity index (χ0v) is 20.9. The van der Waals surface area contributed by atoms with Crippen LogP contribution in [0.15, 0.2) is 39.8 Å². The number of carboxylic acids is 1. The number of carboxylic acid groups (broad SMARTS) is 1. The van der Waals surface area contributed by atoms with E-state index in [9.17, 15) is 32.7 Å². The molecule has 2 aromatic heterocycles. The average Bonchev–Trinajstić information content (AvgIpc) is 3.26. The first-order valence-corrected chi connectivity index (χ1v) is 12.6. The Balaban J connectivity index is 1.51. The number of halogens is 3. The van der Waals surface area contributed by atoms with Gasteiger partial charge in [0.05, 0.1) is 0 Å². The fraction of sp³-hybridized carbons (Fsp3) is 0.368. The van der Waals surface area contributed by atoms with Crippen molar-refractivity contribution in [3.63, 3.8) is 0 Å². The number of carbonyl (C=O) groups is 3. The summed E-state index contributed by atoms with van der Waals surface area (Å²) in [7, 11) is 1.62. The van der Waals surface area contributed by atoms with Gasteiger partial charge in [-0.1, -0.05) is 23.0 Å². The van der Waals surface area contributed by atoms with Gasteiger partial charge in [0, 0.05) is 18.6 Å².